The van der Waals surface area contributed by atoms with E-state index in [4.69, 9.17) is 4.74 Å². The van der Waals surface area contributed by atoms with Gasteiger partial charge in [0.25, 0.3) is 0 Å². The second-order valence-corrected chi connectivity index (χ2v) is 9.84. The molecule has 8 heteroatoms. The number of benzene rings is 1. The first kappa shape index (κ1) is 25.6. The van der Waals surface area contributed by atoms with Crippen molar-refractivity contribution >= 4 is 27.8 Å². The molecule has 0 bridgehead atoms. The van der Waals surface area contributed by atoms with Gasteiger partial charge in [-0.05, 0) is 64.2 Å². The molecule has 7 nitrogen and oxygen atoms in total. The number of esters is 1. The zero-order valence-electron chi connectivity index (χ0n) is 19.3. The summed E-state index contributed by atoms with van der Waals surface area (Å²) in [6, 6.07) is 5.22. The Kier molecular flexibility index (Phi) is 8.25. The molecule has 182 valence electrons. The Morgan fingerprint density at radius 1 is 1.26 bits per heavy atom. The molecule has 4 rings (SSSR count). The number of ether oxygens (including phenoxy) is 1. The molecule has 0 amide bonds. The third kappa shape index (κ3) is 5.22. The SMILES string of the molecule is C.COC(=O)c1ccc2c(c1)nc(S(=O)Cc1[nH]cc(C)c(=O)c1C)n2CCC1=CCCCC1. The second-order valence-electron chi connectivity index (χ2n) is 8.49. The number of nitrogens with zero attached hydrogens (tertiary/aromatic N) is 2. The van der Waals surface area contributed by atoms with Crippen LogP contribution < -0.4 is 5.43 Å². The average Bonchev–Trinajstić information content (AvgIpc) is 3.21. The number of hydrogen-bond donors (Lipinski definition) is 1. The van der Waals surface area contributed by atoms with Gasteiger partial charge in [0, 0.05) is 29.6 Å². The van der Waals surface area contributed by atoms with Crippen LogP contribution in [0.5, 0.6) is 0 Å². The molecule has 0 fully saturated rings. The maximum Gasteiger partial charge on any atom is 0.337 e. The maximum absolute atomic E-state index is 13.5. The van der Waals surface area contributed by atoms with Gasteiger partial charge in [-0.15, -0.1) is 0 Å². The van der Waals surface area contributed by atoms with Crippen LogP contribution in [-0.2, 0) is 27.8 Å². The van der Waals surface area contributed by atoms with Gasteiger partial charge in [-0.25, -0.2) is 9.78 Å². The molecular formula is C26H33N3O4S. The number of pyridine rings is 1. The Morgan fingerprint density at radius 3 is 2.76 bits per heavy atom. The van der Waals surface area contributed by atoms with Crippen LogP contribution >= 0.6 is 0 Å². The van der Waals surface area contributed by atoms with Crippen LogP contribution in [0.15, 0.2) is 46.0 Å². The lowest BCUT2D eigenvalue weighted by atomic mass is 9.97. The molecule has 1 unspecified atom stereocenters. The first-order chi connectivity index (χ1) is 15.9. The summed E-state index contributed by atoms with van der Waals surface area (Å²) < 4.78 is 20.3. The predicted octanol–water partition coefficient (Wildman–Crippen LogP) is 4.96. The van der Waals surface area contributed by atoms with Crippen molar-refractivity contribution < 1.29 is 13.7 Å². The van der Waals surface area contributed by atoms with Gasteiger partial charge >= 0.3 is 5.97 Å². The number of allylic oxidation sites excluding steroid dienone is 2. The number of imidazole rings is 1. The van der Waals surface area contributed by atoms with Crippen molar-refractivity contribution in [2.24, 2.45) is 0 Å². The standard InChI is InChI=1S/C25H29N3O4S.CH4/c1-16-14-26-21(17(2)23(16)29)15-33(31)25-27-20-13-19(24(30)32-3)9-10-22(20)28(25)12-11-18-7-5-4-6-8-18;/h7,9-10,13-14H,4-6,8,11-12,15H2,1-3H3,(H,26,29);1H4. The summed E-state index contributed by atoms with van der Waals surface area (Å²) in [6.07, 6.45) is 9.49. The molecule has 1 atom stereocenters. The van der Waals surface area contributed by atoms with Crippen molar-refractivity contribution in [2.45, 2.75) is 70.8 Å². The molecule has 0 spiro atoms. The maximum atomic E-state index is 13.5. The Hall–Kier alpha value is -3.00. The smallest absolute Gasteiger partial charge is 0.337 e. The van der Waals surface area contributed by atoms with Crippen LogP contribution in [0.25, 0.3) is 11.0 Å². The van der Waals surface area contributed by atoms with Crippen molar-refractivity contribution in [1.29, 1.82) is 0 Å². The van der Waals surface area contributed by atoms with Gasteiger partial charge < -0.3 is 14.3 Å². The number of carbonyl (C=O) groups is 1. The summed E-state index contributed by atoms with van der Waals surface area (Å²) >= 11 is 0. The minimum absolute atomic E-state index is 0. The van der Waals surface area contributed by atoms with Gasteiger partial charge in [-0.1, -0.05) is 19.1 Å². The van der Waals surface area contributed by atoms with Gasteiger partial charge in [-0.2, -0.15) is 0 Å². The first-order valence-corrected chi connectivity index (χ1v) is 12.5. The summed E-state index contributed by atoms with van der Waals surface area (Å²) in [5, 5.41) is 0.448. The Bertz CT molecular complexity index is 1320. The zero-order chi connectivity index (χ0) is 23.5. The molecule has 0 radical (unpaired) electrons. The topological polar surface area (TPSA) is 94.1 Å². The molecular weight excluding hydrogens is 450 g/mol. The van der Waals surface area contributed by atoms with Crippen LogP contribution in [0.3, 0.4) is 0 Å². The summed E-state index contributed by atoms with van der Waals surface area (Å²) in [7, 11) is -0.142. The van der Waals surface area contributed by atoms with Crippen molar-refractivity contribution in [1.82, 2.24) is 14.5 Å². The van der Waals surface area contributed by atoms with Crippen molar-refractivity contribution in [3.8, 4) is 0 Å². The summed E-state index contributed by atoms with van der Waals surface area (Å²) in [5.41, 5.74) is 5.07. The Labute approximate surface area is 202 Å². The molecule has 2 heterocycles. The highest BCUT2D eigenvalue weighted by atomic mass is 32.2. The Morgan fingerprint density at radius 2 is 2.06 bits per heavy atom. The van der Waals surface area contributed by atoms with Gasteiger partial charge in [0.15, 0.2) is 10.6 Å². The fraction of sp³-hybridized carbons (Fsp3) is 0.423. The van der Waals surface area contributed by atoms with Crippen LogP contribution in [0, 0.1) is 13.8 Å². The highest BCUT2D eigenvalue weighted by Gasteiger charge is 2.20. The van der Waals surface area contributed by atoms with Crippen LogP contribution in [-0.4, -0.2) is 31.8 Å². The van der Waals surface area contributed by atoms with Crippen LogP contribution in [0.4, 0.5) is 0 Å². The van der Waals surface area contributed by atoms with Crippen molar-refractivity contribution in [3.63, 3.8) is 0 Å². The van der Waals surface area contributed by atoms with Gasteiger partial charge in [-0.3, -0.25) is 9.00 Å². The molecule has 1 aromatic carbocycles. The van der Waals surface area contributed by atoms with Crippen LogP contribution in [0.2, 0.25) is 0 Å². The van der Waals surface area contributed by atoms with E-state index in [1.807, 2.05) is 10.6 Å². The molecule has 0 saturated carbocycles. The number of fused-ring (bicyclic) bond motifs is 1. The van der Waals surface area contributed by atoms with E-state index < -0.39 is 16.8 Å². The zero-order valence-corrected chi connectivity index (χ0v) is 20.1. The lowest BCUT2D eigenvalue weighted by Crippen LogP contribution is -2.16. The number of aromatic nitrogens is 3. The highest BCUT2D eigenvalue weighted by Crippen LogP contribution is 2.26. The summed E-state index contributed by atoms with van der Waals surface area (Å²) in [6.45, 7) is 4.16. The number of rotatable bonds is 7. The minimum Gasteiger partial charge on any atom is -0.465 e. The molecule has 3 aromatic rings. The van der Waals surface area contributed by atoms with Gasteiger partial charge in [0.05, 0.1) is 40.3 Å². The highest BCUT2D eigenvalue weighted by molar-refractivity contribution is 7.84. The van der Waals surface area contributed by atoms with E-state index in [9.17, 15) is 13.8 Å². The molecule has 1 aliphatic carbocycles. The third-order valence-corrected chi connectivity index (χ3v) is 7.54. The second kappa shape index (κ2) is 11.0. The van der Waals surface area contributed by atoms with Gasteiger partial charge in [0.1, 0.15) is 0 Å². The van der Waals surface area contributed by atoms with E-state index in [1.165, 1.54) is 25.5 Å². The summed E-state index contributed by atoms with van der Waals surface area (Å²) in [4.78, 5) is 32.1. The summed E-state index contributed by atoms with van der Waals surface area (Å²) in [5.74, 6) is -0.272. The number of aryl methyl sites for hydroxylation is 2. The number of aromatic amines is 1. The monoisotopic (exact) mass is 483 g/mol. The normalized spacial score (nSPS) is 14.4. The molecule has 2 aromatic heterocycles. The van der Waals surface area contributed by atoms with E-state index in [-0.39, 0.29) is 18.6 Å². The van der Waals surface area contributed by atoms with Crippen molar-refractivity contribution in [3.05, 3.63) is 68.7 Å². The molecule has 1 aliphatic rings. The van der Waals surface area contributed by atoms with E-state index in [0.717, 1.165) is 24.8 Å². The fourth-order valence-electron chi connectivity index (χ4n) is 4.28. The van der Waals surface area contributed by atoms with E-state index in [2.05, 4.69) is 16.0 Å². The Balaban J connectivity index is 0.00000324. The lowest BCUT2D eigenvalue weighted by Gasteiger charge is -2.15. The van der Waals surface area contributed by atoms with E-state index in [0.29, 0.717) is 39.6 Å². The van der Waals surface area contributed by atoms with Gasteiger partial charge in [0.2, 0.25) is 0 Å². The number of hydrogen-bond acceptors (Lipinski definition) is 5. The lowest BCUT2D eigenvalue weighted by molar-refractivity contribution is 0.0601. The number of nitrogens with one attached hydrogen (secondary N) is 1. The number of carbonyl (C=O) groups excluding carboxylic acids is 1. The molecule has 34 heavy (non-hydrogen) atoms. The predicted molar refractivity (Wildman–Crippen MR) is 136 cm³/mol. The van der Waals surface area contributed by atoms with Crippen LogP contribution in [0.1, 0.15) is 66.7 Å². The molecule has 1 N–H and O–H groups in total. The van der Waals surface area contributed by atoms with E-state index >= 15 is 0 Å². The first-order valence-electron chi connectivity index (χ1n) is 11.2. The third-order valence-electron chi connectivity index (χ3n) is 6.27. The fourth-order valence-corrected chi connectivity index (χ4v) is 5.60. The van der Waals surface area contributed by atoms with E-state index in [1.54, 1.807) is 32.2 Å². The minimum atomic E-state index is -1.48. The molecule has 0 saturated heterocycles. The number of methoxy groups -OCH3 is 1. The average molecular weight is 484 g/mol. The largest absolute Gasteiger partial charge is 0.465 e. The quantitative estimate of drug-likeness (QED) is 0.379. The van der Waals surface area contributed by atoms with Crippen molar-refractivity contribution in [2.75, 3.05) is 7.11 Å². The number of H-pyrrole nitrogens is 1. The molecule has 0 aliphatic heterocycles.